The Labute approximate surface area is 287 Å². The molecular formula is C37H52F2N6O4. The summed E-state index contributed by atoms with van der Waals surface area (Å²) in [5.41, 5.74) is -1.54. The van der Waals surface area contributed by atoms with Crippen LogP contribution in [0.15, 0.2) is 37.1 Å². The second-order valence-corrected chi connectivity index (χ2v) is 16.5. The minimum atomic E-state index is -1.77. The Morgan fingerprint density at radius 1 is 1.04 bits per heavy atom. The van der Waals surface area contributed by atoms with E-state index >= 15 is 0 Å². The van der Waals surface area contributed by atoms with Crippen LogP contribution in [-0.4, -0.2) is 68.5 Å². The van der Waals surface area contributed by atoms with Gasteiger partial charge in [0.05, 0.1) is 30.6 Å². The van der Waals surface area contributed by atoms with Crippen molar-refractivity contribution >= 4 is 0 Å². The van der Waals surface area contributed by atoms with Gasteiger partial charge in [-0.3, -0.25) is 4.68 Å². The first-order valence-corrected chi connectivity index (χ1v) is 18.3. The fraction of sp³-hybridized carbons (Fsp3) is 0.730. The molecule has 49 heavy (non-hydrogen) atoms. The van der Waals surface area contributed by atoms with E-state index in [0.717, 1.165) is 69.9 Å². The highest BCUT2D eigenvalue weighted by Gasteiger charge is 2.65. The molecule has 10 nitrogen and oxygen atoms in total. The Kier molecular flexibility index (Phi) is 9.24. The molecule has 0 amide bonds. The van der Waals surface area contributed by atoms with Gasteiger partial charge in [-0.05, 0) is 110 Å². The lowest BCUT2D eigenvalue weighted by atomic mass is 9.43. The summed E-state index contributed by atoms with van der Waals surface area (Å²) in [6.07, 6.45) is 11.3. The molecule has 1 unspecified atom stereocenters. The summed E-state index contributed by atoms with van der Waals surface area (Å²) in [6.45, 7) is 7.46. The highest BCUT2D eigenvalue weighted by Crippen LogP contribution is 2.68. The maximum Gasteiger partial charge on any atom is 0.137 e. The van der Waals surface area contributed by atoms with Crippen LogP contribution in [0.2, 0.25) is 0 Å². The van der Waals surface area contributed by atoms with Gasteiger partial charge < -0.3 is 20.4 Å². The van der Waals surface area contributed by atoms with Crippen LogP contribution in [0.3, 0.4) is 0 Å². The Balaban J connectivity index is 0.995. The largest absolute Gasteiger partial charge is 0.393 e. The number of fused-ring (bicyclic) bond motifs is 5. The summed E-state index contributed by atoms with van der Waals surface area (Å²) in [7, 11) is 0. The predicted octanol–water partition coefficient (Wildman–Crippen LogP) is 4.66. The number of aliphatic hydroxyl groups excluding tert-OH is 3. The SMILES string of the molecule is C[C@H](CCCn1cc(CC(O)(Cn2cncn2)c2ccc(F)cc2F)nn1)[C@H]1CC[C@H]2[C@@H]3[C@H](O)C[C@@H]4C[C@H](O)CC[C@]4(C)[C@H]3C[C@H](O)[C@]12C. The molecule has 0 aliphatic heterocycles. The fourth-order valence-corrected chi connectivity index (χ4v) is 11.4. The lowest BCUT2D eigenvalue weighted by Gasteiger charge is -2.63. The second kappa shape index (κ2) is 13.1. The molecule has 12 atom stereocenters. The normalized spacial score (nSPS) is 37.6. The third kappa shape index (κ3) is 6.14. The maximum atomic E-state index is 14.9. The van der Waals surface area contributed by atoms with Gasteiger partial charge in [-0.1, -0.05) is 32.1 Å². The standard InChI is InChI=1S/C37H52F2N6O4/c1-22(27-8-9-29-34-30(16-33(48)36(27,29)3)35(2)11-10-26(46)13-23(35)14-32(34)47)5-4-12-44-18-25(42-43-44)17-37(49,19-45-21-40-20-41-45)28-7-6-24(38)15-31(28)39/h6-7,15,18,20-23,26-27,29-30,32-34,46-49H,4-5,8-14,16-17,19H2,1-3H3/t22-,23+,26-,27-,29+,30+,32-,33+,34+,35+,36-,37?/m1/s1. The van der Waals surface area contributed by atoms with Crippen molar-refractivity contribution in [2.24, 2.45) is 46.3 Å². The van der Waals surface area contributed by atoms with Crippen molar-refractivity contribution < 1.29 is 29.2 Å². The van der Waals surface area contributed by atoms with Crippen LogP contribution in [0.1, 0.15) is 89.8 Å². The summed E-state index contributed by atoms with van der Waals surface area (Å²) in [5, 5.41) is 58.2. The van der Waals surface area contributed by atoms with Crippen LogP contribution >= 0.6 is 0 Å². The van der Waals surface area contributed by atoms with Crippen molar-refractivity contribution in [3.63, 3.8) is 0 Å². The highest BCUT2D eigenvalue weighted by molar-refractivity contribution is 5.27. The fourth-order valence-electron chi connectivity index (χ4n) is 11.4. The zero-order valence-electron chi connectivity index (χ0n) is 28.9. The first kappa shape index (κ1) is 34.6. The molecule has 0 saturated heterocycles. The summed E-state index contributed by atoms with van der Waals surface area (Å²) >= 11 is 0. The molecule has 2 heterocycles. The number of hydrogen-bond donors (Lipinski definition) is 4. The topological polar surface area (TPSA) is 142 Å². The molecule has 1 aromatic carbocycles. The molecule has 7 rings (SSSR count). The summed E-state index contributed by atoms with van der Waals surface area (Å²) in [6, 6.07) is 3.13. The zero-order valence-corrected chi connectivity index (χ0v) is 28.9. The smallest absolute Gasteiger partial charge is 0.137 e. The van der Waals surface area contributed by atoms with Crippen molar-refractivity contribution in [2.75, 3.05) is 0 Å². The van der Waals surface area contributed by atoms with Gasteiger partial charge in [0.25, 0.3) is 0 Å². The number of aryl methyl sites for hydroxylation is 1. The number of nitrogens with zero attached hydrogens (tertiary/aromatic N) is 6. The van der Waals surface area contributed by atoms with Gasteiger partial charge in [0.2, 0.25) is 0 Å². The van der Waals surface area contributed by atoms with Gasteiger partial charge in [-0.2, -0.15) is 5.10 Å². The summed E-state index contributed by atoms with van der Waals surface area (Å²) in [4.78, 5) is 3.92. The number of benzene rings is 1. The minimum absolute atomic E-state index is 0.0556. The van der Waals surface area contributed by atoms with Crippen LogP contribution in [0.25, 0.3) is 0 Å². The van der Waals surface area contributed by atoms with Crippen molar-refractivity contribution in [3.05, 3.63) is 59.9 Å². The molecule has 0 radical (unpaired) electrons. The lowest BCUT2D eigenvalue weighted by Crippen LogP contribution is -2.62. The molecule has 4 saturated carbocycles. The molecule has 4 aliphatic carbocycles. The van der Waals surface area contributed by atoms with E-state index in [9.17, 15) is 29.2 Å². The number of aromatic nitrogens is 6. The molecular weight excluding hydrogens is 630 g/mol. The van der Waals surface area contributed by atoms with Crippen molar-refractivity contribution in [3.8, 4) is 0 Å². The van der Waals surface area contributed by atoms with Gasteiger partial charge in [-0.15, -0.1) is 5.10 Å². The quantitative estimate of drug-likeness (QED) is 0.242. The average molecular weight is 683 g/mol. The average Bonchev–Trinajstić information content (AvgIpc) is 3.79. The van der Waals surface area contributed by atoms with Crippen molar-refractivity contribution in [1.29, 1.82) is 0 Å². The number of halogens is 2. The third-order valence-electron chi connectivity index (χ3n) is 13.9. The van der Waals surface area contributed by atoms with Crippen molar-refractivity contribution in [2.45, 2.75) is 122 Å². The predicted molar refractivity (Wildman–Crippen MR) is 176 cm³/mol. The van der Waals surface area contributed by atoms with Crippen LogP contribution in [0, 0.1) is 58.0 Å². The molecule has 3 aromatic rings. The van der Waals surface area contributed by atoms with E-state index in [-0.39, 0.29) is 59.3 Å². The first-order chi connectivity index (χ1) is 23.3. The molecule has 0 bridgehead atoms. The van der Waals surface area contributed by atoms with Gasteiger partial charge in [-0.25, -0.2) is 18.4 Å². The van der Waals surface area contributed by atoms with E-state index < -0.39 is 23.3 Å². The Morgan fingerprint density at radius 2 is 1.86 bits per heavy atom. The van der Waals surface area contributed by atoms with Crippen molar-refractivity contribution in [1.82, 2.24) is 29.8 Å². The number of rotatable bonds is 10. The number of aliphatic hydroxyl groups is 4. The molecule has 0 spiro atoms. The monoisotopic (exact) mass is 682 g/mol. The van der Waals surface area contributed by atoms with Crippen LogP contribution < -0.4 is 0 Å². The molecule has 4 N–H and O–H groups in total. The van der Waals surface area contributed by atoms with E-state index in [0.29, 0.717) is 30.0 Å². The summed E-state index contributed by atoms with van der Waals surface area (Å²) in [5.74, 6) is 0.213. The zero-order chi connectivity index (χ0) is 34.7. The van der Waals surface area contributed by atoms with Crippen LogP contribution in [0.5, 0.6) is 0 Å². The molecule has 12 heteroatoms. The van der Waals surface area contributed by atoms with Gasteiger partial charge >= 0.3 is 0 Å². The van der Waals surface area contributed by atoms with Crippen LogP contribution in [-0.2, 0) is 25.1 Å². The van der Waals surface area contributed by atoms with E-state index in [1.165, 1.54) is 23.4 Å². The molecule has 4 fully saturated rings. The van der Waals surface area contributed by atoms with Gasteiger partial charge in [0.1, 0.15) is 29.9 Å². The Hall–Kier alpha value is -2.80. The molecule has 2 aromatic heterocycles. The summed E-state index contributed by atoms with van der Waals surface area (Å²) < 4.78 is 31.7. The van der Waals surface area contributed by atoms with E-state index in [4.69, 9.17) is 0 Å². The Bertz CT molecular complexity index is 1610. The van der Waals surface area contributed by atoms with Crippen LogP contribution in [0.4, 0.5) is 8.78 Å². The molecule has 4 aliphatic rings. The first-order valence-electron chi connectivity index (χ1n) is 18.3. The minimum Gasteiger partial charge on any atom is -0.393 e. The van der Waals surface area contributed by atoms with E-state index in [2.05, 4.69) is 41.2 Å². The van der Waals surface area contributed by atoms with E-state index in [1.54, 1.807) is 10.9 Å². The maximum absolute atomic E-state index is 14.9. The Morgan fingerprint density at radius 3 is 2.61 bits per heavy atom. The van der Waals surface area contributed by atoms with Gasteiger partial charge in [0, 0.05) is 30.8 Å². The van der Waals surface area contributed by atoms with Gasteiger partial charge in [0.15, 0.2) is 0 Å². The second-order valence-electron chi connectivity index (χ2n) is 16.5. The highest BCUT2D eigenvalue weighted by atomic mass is 19.1. The number of hydrogen-bond acceptors (Lipinski definition) is 8. The third-order valence-corrected chi connectivity index (χ3v) is 13.9. The molecule has 268 valence electrons. The van der Waals surface area contributed by atoms with E-state index in [1.807, 2.05) is 0 Å². The lowest BCUT2D eigenvalue weighted by molar-refractivity contribution is -0.207.